The fourth-order valence-corrected chi connectivity index (χ4v) is 3.69. The van der Waals surface area contributed by atoms with Crippen LogP contribution in [0.1, 0.15) is 17.3 Å². The monoisotopic (exact) mass is 381 g/mol. The van der Waals surface area contributed by atoms with Gasteiger partial charge in [-0.15, -0.1) is 0 Å². The first kappa shape index (κ1) is 17.3. The lowest BCUT2D eigenvalue weighted by Crippen LogP contribution is -2.25. The average molecular weight is 381 g/mol. The number of hydrogen-bond donors (Lipinski definition) is 2. The van der Waals surface area contributed by atoms with Gasteiger partial charge in [0.15, 0.2) is 17.5 Å². The lowest BCUT2D eigenvalue weighted by atomic mass is 10.1. The van der Waals surface area contributed by atoms with Gasteiger partial charge in [-0.1, -0.05) is 23.9 Å². The number of Topliss-reactive ketones (excluding diaryl/α,β-unsaturated/α-hetero) is 1. The Morgan fingerprint density at radius 2 is 2.04 bits per heavy atom. The van der Waals surface area contributed by atoms with Gasteiger partial charge in [-0.2, -0.15) is 0 Å². The van der Waals surface area contributed by atoms with Crippen LogP contribution >= 0.6 is 11.8 Å². The first-order chi connectivity index (χ1) is 13.0. The van der Waals surface area contributed by atoms with E-state index in [0.29, 0.717) is 33.1 Å². The first-order valence-corrected chi connectivity index (χ1v) is 9.16. The van der Waals surface area contributed by atoms with Crippen LogP contribution in [0.25, 0.3) is 10.9 Å². The Balaban J connectivity index is 1.57. The Morgan fingerprint density at radius 3 is 2.89 bits per heavy atom. The van der Waals surface area contributed by atoms with Gasteiger partial charge in [-0.05, 0) is 37.3 Å². The molecule has 0 aliphatic carbocycles. The van der Waals surface area contributed by atoms with Gasteiger partial charge in [-0.3, -0.25) is 14.4 Å². The summed E-state index contributed by atoms with van der Waals surface area (Å²) in [5.74, 6) is 0.137. The van der Waals surface area contributed by atoms with Crippen molar-refractivity contribution in [3.8, 4) is 5.75 Å². The SMILES string of the molecule is CC(Sc1nc2ccccc2c(=O)[nH]1)C(=O)c1ccc2c(c1)NC(=O)CO2. The van der Waals surface area contributed by atoms with Gasteiger partial charge in [0.1, 0.15) is 5.75 Å². The lowest BCUT2D eigenvalue weighted by molar-refractivity contribution is -0.118. The molecule has 136 valence electrons. The molecular formula is C19H15N3O4S. The van der Waals surface area contributed by atoms with Crippen LogP contribution in [0.5, 0.6) is 5.75 Å². The molecule has 0 bridgehead atoms. The van der Waals surface area contributed by atoms with E-state index >= 15 is 0 Å². The van der Waals surface area contributed by atoms with E-state index in [2.05, 4.69) is 15.3 Å². The Bertz CT molecular complexity index is 1130. The molecule has 8 heteroatoms. The van der Waals surface area contributed by atoms with Crippen molar-refractivity contribution in [2.45, 2.75) is 17.3 Å². The number of ketones is 1. The molecule has 1 unspecified atom stereocenters. The summed E-state index contributed by atoms with van der Waals surface area (Å²) in [6.07, 6.45) is 0. The summed E-state index contributed by atoms with van der Waals surface area (Å²) in [7, 11) is 0. The van der Waals surface area contributed by atoms with Crippen LogP contribution in [-0.2, 0) is 4.79 Å². The van der Waals surface area contributed by atoms with Gasteiger partial charge in [0.25, 0.3) is 11.5 Å². The number of anilines is 1. The predicted octanol–water partition coefficient (Wildman–Crippen LogP) is 2.62. The topological polar surface area (TPSA) is 101 Å². The van der Waals surface area contributed by atoms with Crippen molar-refractivity contribution in [1.82, 2.24) is 9.97 Å². The van der Waals surface area contributed by atoms with Crippen molar-refractivity contribution in [3.05, 3.63) is 58.4 Å². The van der Waals surface area contributed by atoms with Crippen molar-refractivity contribution in [2.24, 2.45) is 0 Å². The van der Waals surface area contributed by atoms with Crippen LogP contribution in [0.2, 0.25) is 0 Å². The number of carbonyl (C=O) groups excluding carboxylic acids is 2. The molecule has 4 rings (SSSR count). The standard InChI is InChI=1S/C19H15N3O4S/c1-10(27-19-21-13-5-3-2-4-12(13)18(25)22-19)17(24)11-6-7-15-14(8-11)20-16(23)9-26-15/h2-8,10H,9H2,1H3,(H,20,23)(H,21,22,25). The van der Waals surface area contributed by atoms with Crippen molar-refractivity contribution in [1.29, 1.82) is 0 Å². The highest BCUT2D eigenvalue weighted by molar-refractivity contribution is 8.00. The van der Waals surface area contributed by atoms with Crippen LogP contribution < -0.4 is 15.6 Å². The number of nitrogens with zero attached hydrogens (tertiary/aromatic N) is 1. The van der Waals surface area contributed by atoms with Gasteiger partial charge in [0.2, 0.25) is 0 Å². The lowest BCUT2D eigenvalue weighted by Gasteiger charge is -2.19. The van der Waals surface area contributed by atoms with Gasteiger partial charge < -0.3 is 15.0 Å². The minimum atomic E-state index is -0.479. The molecule has 0 fully saturated rings. The van der Waals surface area contributed by atoms with Crippen molar-refractivity contribution in [3.63, 3.8) is 0 Å². The van der Waals surface area contributed by atoms with Gasteiger partial charge in [-0.25, -0.2) is 4.98 Å². The van der Waals surface area contributed by atoms with Gasteiger partial charge >= 0.3 is 0 Å². The molecular weight excluding hydrogens is 366 g/mol. The quantitative estimate of drug-likeness (QED) is 0.409. The molecule has 1 aromatic heterocycles. The highest BCUT2D eigenvalue weighted by Gasteiger charge is 2.22. The second kappa shape index (κ2) is 6.88. The smallest absolute Gasteiger partial charge is 0.262 e. The molecule has 2 heterocycles. The zero-order valence-electron chi connectivity index (χ0n) is 14.3. The number of thioether (sulfide) groups is 1. The molecule has 2 N–H and O–H groups in total. The van der Waals surface area contributed by atoms with E-state index in [1.54, 1.807) is 49.4 Å². The van der Waals surface area contributed by atoms with Gasteiger partial charge in [0, 0.05) is 5.56 Å². The largest absolute Gasteiger partial charge is 0.482 e. The maximum Gasteiger partial charge on any atom is 0.262 e. The molecule has 7 nitrogen and oxygen atoms in total. The zero-order chi connectivity index (χ0) is 19.0. The Morgan fingerprint density at radius 1 is 1.22 bits per heavy atom. The number of ether oxygens (including phenoxy) is 1. The molecule has 0 radical (unpaired) electrons. The van der Waals surface area contributed by atoms with E-state index in [9.17, 15) is 14.4 Å². The van der Waals surface area contributed by atoms with Crippen molar-refractivity contribution in [2.75, 3.05) is 11.9 Å². The normalized spacial score (nSPS) is 14.2. The second-order valence-corrected chi connectivity index (χ2v) is 7.39. The van der Waals surface area contributed by atoms with Crippen LogP contribution in [0.3, 0.4) is 0 Å². The molecule has 2 aromatic carbocycles. The highest BCUT2D eigenvalue weighted by atomic mass is 32.2. The van der Waals surface area contributed by atoms with Crippen LogP contribution in [-0.4, -0.2) is 33.5 Å². The molecule has 0 saturated heterocycles. The molecule has 1 aliphatic heterocycles. The third-order valence-electron chi connectivity index (χ3n) is 4.15. The minimum Gasteiger partial charge on any atom is -0.482 e. The molecule has 27 heavy (non-hydrogen) atoms. The summed E-state index contributed by atoms with van der Waals surface area (Å²) >= 11 is 1.18. The number of benzene rings is 2. The van der Waals surface area contributed by atoms with Crippen LogP contribution in [0.4, 0.5) is 5.69 Å². The van der Waals surface area contributed by atoms with Crippen molar-refractivity contribution >= 4 is 40.0 Å². The molecule has 0 saturated carbocycles. The molecule has 0 spiro atoms. The molecule has 1 aliphatic rings. The number of fused-ring (bicyclic) bond motifs is 2. The summed E-state index contributed by atoms with van der Waals surface area (Å²) in [5.41, 5.74) is 1.27. The zero-order valence-corrected chi connectivity index (χ0v) is 15.1. The van der Waals surface area contributed by atoms with E-state index in [1.165, 1.54) is 11.8 Å². The van der Waals surface area contributed by atoms with Gasteiger partial charge in [0.05, 0.1) is 21.8 Å². The van der Waals surface area contributed by atoms with E-state index in [-0.39, 0.29) is 23.9 Å². The number of aromatic nitrogens is 2. The third-order valence-corrected chi connectivity index (χ3v) is 5.13. The Labute approximate surface area is 158 Å². The molecule has 1 atom stereocenters. The maximum atomic E-state index is 12.8. The molecule has 1 amide bonds. The number of hydrogen-bond acceptors (Lipinski definition) is 6. The molecule has 3 aromatic rings. The number of para-hydroxylation sites is 1. The fourth-order valence-electron chi connectivity index (χ4n) is 2.81. The van der Waals surface area contributed by atoms with E-state index in [0.717, 1.165) is 0 Å². The fraction of sp³-hybridized carbons (Fsp3) is 0.158. The number of amides is 1. The number of carbonyl (C=O) groups is 2. The third kappa shape index (κ3) is 3.43. The summed E-state index contributed by atoms with van der Waals surface area (Å²) in [4.78, 5) is 43.5. The first-order valence-electron chi connectivity index (χ1n) is 8.28. The Hall–Kier alpha value is -3.13. The summed E-state index contributed by atoms with van der Waals surface area (Å²) in [6, 6.07) is 12.0. The van der Waals surface area contributed by atoms with E-state index in [4.69, 9.17) is 4.74 Å². The second-order valence-electron chi connectivity index (χ2n) is 6.06. The van der Waals surface area contributed by atoms with E-state index < -0.39 is 5.25 Å². The summed E-state index contributed by atoms with van der Waals surface area (Å²) in [5, 5.41) is 3.10. The Kier molecular flexibility index (Phi) is 4.41. The highest BCUT2D eigenvalue weighted by Crippen LogP contribution is 2.30. The van der Waals surface area contributed by atoms with E-state index in [1.807, 2.05) is 0 Å². The van der Waals surface area contributed by atoms with Crippen molar-refractivity contribution < 1.29 is 14.3 Å². The summed E-state index contributed by atoms with van der Waals surface area (Å²) in [6.45, 7) is 1.71. The maximum absolute atomic E-state index is 12.8. The number of nitrogens with one attached hydrogen (secondary N) is 2. The number of H-pyrrole nitrogens is 1. The minimum absolute atomic E-state index is 0.0342. The van der Waals surface area contributed by atoms with Crippen LogP contribution in [0, 0.1) is 0 Å². The van der Waals surface area contributed by atoms with Crippen LogP contribution in [0.15, 0.2) is 52.4 Å². The summed E-state index contributed by atoms with van der Waals surface area (Å²) < 4.78 is 5.30. The predicted molar refractivity (Wildman–Crippen MR) is 103 cm³/mol. The number of rotatable bonds is 4. The average Bonchev–Trinajstić information content (AvgIpc) is 2.66. The number of aromatic amines is 1.